The van der Waals surface area contributed by atoms with Crippen molar-refractivity contribution >= 4 is 31.9 Å². The molecule has 1 aliphatic heterocycles. The molecule has 1 saturated heterocycles. The lowest BCUT2D eigenvalue weighted by atomic mass is 10.0. The Morgan fingerprint density at radius 3 is 2.48 bits per heavy atom. The standard InChI is InChI=1S/C21H25BrN2O4S/c1-2-28-18-10-6-16(7-11-18)15-23-21(25)20-5-3-4-14-24(20)29(26,27)19-12-8-17(22)9-13-19/h6-13,20H,2-5,14-15H2,1H3,(H,23,25). The molecule has 0 radical (unpaired) electrons. The molecule has 0 bridgehead atoms. The molecule has 1 N–H and O–H groups in total. The molecule has 1 heterocycles. The first-order valence-corrected chi connectivity index (χ1v) is 11.9. The Hall–Kier alpha value is -1.90. The Morgan fingerprint density at radius 2 is 1.83 bits per heavy atom. The first kappa shape index (κ1) is 21.8. The number of nitrogens with one attached hydrogen (secondary N) is 1. The summed E-state index contributed by atoms with van der Waals surface area (Å²) in [6.45, 7) is 3.21. The van der Waals surface area contributed by atoms with E-state index in [4.69, 9.17) is 4.74 Å². The molecule has 1 amide bonds. The van der Waals surface area contributed by atoms with Crippen LogP contribution in [0.5, 0.6) is 5.75 Å². The van der Waals surface area contributed by atoms with Crippen LogP contribution in [-0.2, 0) is 21.4 Å². The topological polar surface area (TPSA) is 75.7 Å². The minimum Gasteiger partial charge on any atom is -0.494 e. The first-order chi connectivity index (χ1) is 13.9. The van der Waals surface area contributed by atoms with Gasteiger partial charge < -0.3 is 10.1 Å². The van der Waals surface area contributed by atoms with Crippen LogP contribution >= 0.6 is 15.9 Å². The maximum Gasteiger partial charge on any atom is 0.243 e. The molecule has 1 unspecified atom stereocenters. The van der Waals surface area contributed by atoms with Crippen molar-refractivity contribution in [1.82, 2.24) is 9.62 Å². The van der Waals surface area contributed by atoms with Crippen LogP contribution in [0.2, 0.25) is 0 Å². The van der Waals surface area contributed by atoms with Crippen molar-refractivity contribution in [3.63, 3.8) is 0 Å². The zero-order valence-corrected chi connectivity index (χ0v) is 18.7. The van der Waals surface area contributed by atoms with Crippen LogP contribution < -0.4 is 10.1 Å². The molecular formula is C21H25BrN2O4S. The van der Waals surface area contributed by atoms with E-state index in [2.05, 4.69) is 21.2 Å². The van der Waals surface area contributed by atoms with Gasteiger partial charge in [0, 0.05) is 17.6 Å². The third-order valence-electron chi connectivity index (χ3n) is 4.88. The van der Waals surface area contributed by atoms with Gasteiger partial charge in [0.1, 0.15) is 11.8 Å². The fourth-order valence-electron chi connectivity index (χ4n) is 3.37. The number of carbonyl (C=O) groups is 1. The van der Waals surface area contributed by atoms with Crippen LogP contribution in [0.3, 0.4) is 0 Å². The minimum absolute atomic E-state index is 0.201. The van der Waals surface area contributed by atoms with Crippen LogP contribution in [0.4, 0.5) is 0 Å². The Bertz CT molecular complexity index is 930. The number of rotatable bonds is 7. The van der Waals surface area contributed by atoms with Crippen molar-refractivity contribution in [2.75, 3.05) is 13.2 Å². The second kappa shape index (κ2) is 9.73. The predicted octanol–water partition coefficient (Wildman–Crippen LogP) is 3.71. The molecule has 3 rings (SSSR count). The molecule has 1 atom stereocenters. The third kappa shape index (κ3) is 5.38. The lowest BCUT2D eigenvalue weighted by Gasteiger charge is -2.33. The molecule has 2 aromatic rings. The number of halogens is 1. The Labute approximate surface area is 180 Å². The number of hydrogen-bond acceptors (Lipinski definition) is 4. The highest BCUT2D eigenvalue weighted by atomic mass is 79.9. The molecule has 156 valence electrons. The summed E-state index contributed by atoms with van der Waals surface area (Å²) in [6.07, 6.45) is 2.09. The molecular weight excluding hydrogens is 456 g/mol. The summed E-state index contributed by atoms with van der Waals surface area (Å²) >= 11 is 3.32. The molecule has 0 aromatic heterocycles. The van der Waals surface area contributed by atoms with Gasteiger partial charge in [-0.2, -0.15) is 4.31 Å². The molecule has 29 heavy (non-hydrogen) atoms. The fourth-order valence-corrected chi connectivity index (χ4v) is 5.29. The molecule has 2 aromatic carbocycles. The number of benzene rings is 2. The van der Waals surface area contributed by atoms with Gasteiger partial charge in [-0.3, -0.25) is 4.79 Å². The van der Waals surface area contributed by atoms with Crippen LogP contribution in [-0.4, -0.2) is 37.8 Å². The number of amides is 1. The molecule has 1 aliphatic rings. The largest absolute Gasteiger partial charge is 0.494 e. The first-order valence-electron chi connectivity index (χ1n) is 9.68. The summed E-state index contributed by atoms with van der Waals surface area (Å²) in [4.78, 5) is 13.0. The van der Waals surface area contributed by atoms with Gasteiger partial charge in [0.2, 0.25) is 15.9 Å². The quantitative estimate of drug-likeness (QED) is 0.655. The van der Waals surface area contributed by atoms with E-state index in [-0.39, 0.29) is 10.8 Å². The summed E-state index contributed by atoms with van der Waals surface area (Å²) < 4.78 is 33.8. The summed E-state index contributed by atoms with van der Waals surface area (Å²) in [7, 11) is -3.73. The summed E-state index contributed by atoms with van der Waals surface area (Å²) in [5.74, 6) is 0.515. The molecule has 6 nitrogen and oxygen atoms in total. The number of sulfonamides is 1. The maximum absolute atomic E-state index is 13.1. The van der Waals surface area contributed by atoms with E-state index in [0.717, 1.165) is 28.6 Å². The summed E-state index contributed by atoms with van der Waals surface area (Å²) in [6, 6.07) is 13.3. The normalized spacial score (nSPS) is 17.7. The second-order valence-corrected chi connectivity index (χ2v) is 9.68. The van der Waals surface area contributed by atoms with Crippen molar-refractivity contribution in [1.29, 1.82) is 0 Å². The Kier molecular flexibility index (Phi) is 7.32. The second-order valence-electron chi connectivity index (χ2n) is 6.88. The van der Waals surface area contributed by atoms with Crippen LogP contribution in [0.25, 0.3) is 0 Å². The molecule has 0 spiro atoms. The third-order valence-corrected chi connectivity index (χ3v) is 7.33. The van der Waals surface area contributed by atoms with Crippen molar-refractivity contribution in [2.45, 2.75) is 43.7 Å². The van der Waals surface area contributed by atoms with E-state index in [1.807, 2.05) is 31.2 Å². The fraction of sp³-hybridized carbons (Fsp3) is 0.381. The van der Waals surface area contributed by atoms with E-state index in [9.17, 15) is 13.2 Å². The highest BCUT2D eigenvalue weighted by molar-refractivity contribution is 9.10. The van der Waals surface area contributed by atoms with Gasteiger partial charge in [-0.15, -0.1) is 0 Å². The highest BCUT2D eigenvalue weighted by Gasteiger charge is 2.37. The van der Waals surface area contributed by atoms with Gasteiger partial charge in [0.25, 0.3) is 0 Å². The van der Waals surface area contributed by atoms with Gasteiger partial charge >= 0.3 is 0 Å². The van der Waals surface area contributed by atoms with Crippen molar-refractivity contribution in [3.05, 3.63) is 58.6 Å². The van der Waals surface area contributed by atoms with E-state index in [1.165, 1.54) is 4.31 Å². The van der Waals surface area contributed by atoms with Gasteiger partial charge in [0.15, 0.2) is 0 Å². The SMILES string of the molecule is CCOc1ccc(CNC(=O)C2CCCCN2S(=O)(=O)c2ccc(Br)cc2)cc1. The van der Waals surface area contributed by atoms with Crippen molar-refractivity contribution in [2.24, 2.45) is 0 Å². The molecule has 0 saturated carbocycles. The van der Waals surface area contributed by atoms with Gasteiger partial charge in [-0.1, -0.05) is 34.5 Å². The average Bonchev–Trinajstić information content (AvgIpc) is 2.73. The average molecular weight is 481 g/mol. The van der Waals surface area contributed by atoms with E-state index in [1.54, 1.807) is 24.3 Å². The van der Waals surface area contributed by atoms with E-state index < -0.39 is 16.1 Å². The molecule has 1 fully saturated rings. The Morgan fingerprint density at radius 1 is 1.14 bits per heavy atom. The zero-order valence-electron chi connectivity index (χ0n) is 16.3. The van der Waals surface area contributed by atoms with E-state index in [0.29, 0.717) is 26.1 Å². The summed E-state index contributed by atoms with van der Waals surface area (Å²) in [5, 5.41) is 2.89. The van der Waals surface area contributed by atoms with Crippen LogP contribution in [0.15, 0.2) is 57.9 Å². The van der Waals surface area contributed by atoms with Gasteiger partial charge in [-0.05, 0) is 61.7 Å². The number of hydrogen-bond donors (Lipinski definition) is 1. The minimum atomic E-state index is -3.73. The number of nitrogens with zero attached hydrogens (tertiary/aromatic N) is 1. The van der Waals surface area contributed by atoms with Crippen LogP contribution in [0.1, 0.15) is 31.7 Å². The van der Waals surface area contributed by atoms with Gasteiger partial charge in [-0.25, -0.2) is 8.42 Å². The Balaban J connectivity index is 1.70. The predicted molar refractivity (Wildman–Crippen MR) is 115 cm³/mol. The number of ether oxygens (including phenoxy) is 1. The van der Waals surface area contributed by atoms with E-state index >= 15 is 0 Å². The smallest absolute Gasteiger partial charge is 0.243 e. The highest BCUT2D eigenvalue weighted by Crippen LogP contribution is 2.26. The monoisotopic (exact) mass is 480 g/mol. The summed E-state index contributed by atoms with van der Waals surface area (Å²) in [5.41, 5.74) is 0.930. The number of carbonyl (C=O) groups excluding carboxylic acids is 1. The molecule has 0 aliphatic carbocycles. The van der Waals surface area contributed by atoms with Crippen LogP contribution in [0, 0.1) is 0 Å². The van der Waals surface area contributed by atoms with Gasteiger partial charge in [0.05, 0.1) is 11.5 Å². The van der Waals surface area contributed by atoms with Crippen molar-refractivity contribution in [3.8, 4) is 5.75 Å². The maximum atomic E-state index is 13.1. The van der Waals surface area contributed by atoms with Crippen molar-refractivity contribution < 1.29 is 17.9 Å². The zero-order chi connectivity index (χ0) is 20.9. The number of piperidine rings is 1. The lowest BCUT2D eigenvalue weighted by Crippen LogP contribution is -2.51. The lowest BCUT2D eigenvalue weighted by molar-refractivity contribution is -0.125. The molecule has 8 heteroatoms.